The number of aromatic nitrogens is 3. The molecule has 4 nitrogen and oxygen atoms in total. The van der Waals surface area contributed by atoms with Crippen LogP contribution in [0.1, 0.15) is 6.42 Å². The number of rotatable bonds is 3. The Morgan fingerprint density at radius 3 is 2.36 bits per heavy atom. The molecule has 1 saturated heterocycles. The minimum absolute atomic E-state index is 0.617. The van der Waals surface area contributed by atoms with Gasteiger partial charge in [0.1, 0.15) is 5.82 Å². The van der Waals surface area contributed by atoms with Crippen LogP contribution in [0.2, 0.25) is 0 Å². The van der Waals surface area contributed by atoms with Crippen LogP contribution in [0.4, 0.5) is 14.6 Å². The van der Waals surface area contributed by atoms with E-state index < -0.39 is 11.6 Å². The van der Waals surface area contributed by atoms with Gasteiger partial charge in [-0.3, -0.25) is 4.98 Å². The Balaban J connectivity index is 1.68. The maximum Gasteiger partial charge on any atom is 0.163 e. The maximum atomic E-state index is 13.7. The SMILES string of the molecule is Fc1ccc(-c2ccc3nc(-c4cccnc4)nc(N4CCC4)c3c2)cc1F. The molecule has 0 bridgehead atoms. The fourth-order valence-corrected chi connectivity index (χ4v) is 3.36. The second-order valence-electron chi connectivity index (χ2n) is 6.81. The summed E-state index contributed by atoms with van der Waals surface area (Å²) in [7, 11) is 0. The van der Waals surface area contributed by atoms with Crippen LogP contribution >= 0.6 is 0 Å². The molecule has 0 saturated carbocycles. The summed E-state index contributed by atoms with van der Waals surface area (Å²) in [4.78, 5) is 15.9. The Hall–Kier alpha value is -3.41. The first-order valence-corrected chi connectivity index (χ1v) is 9.11. The van der Waals surface area contributed by atoms with Gasteiger partial charge in [0, 0.05) is 36.4 Å². The minimum atomic E-state index is -0.858. The highest BCUT2D eigenvalue weighted by Crippen LogP contribution is 2.33. The Labute approximate surface area is 160 Å². The molecule has 3 heterocycles. The molecule has 0 spiro atoms. The summed E-state index contributed by atoms with van der Waals surface area (Å²) >= 11 is 0. The number of halogens is 2. The number of hydrogen-bond donors (Lipinski definition) is 0. The summed E-state index contributed by atoms with van der Waals surface area (Å²) in [6.45, 7) is 1.88. The van der Waals surface area contributed by atoms with Crippen molar-refractivity contribution in [2.75, 3.05) is 18.0 Å². The topological polar surface area (TPSA) is 41.9 Å². The van der Waals surface area contributed by atoms with Crippen molar-refractivity contribution >= 4 is 16.7 Å². The van der Waals surface area contributed by atoms with Gasteiger partial charge in [-0.2, -0.15) is 0 Å². The smallest absolute Gasteiger partial charge is 0.163 e. The highest BCUT2D eigenvalue weighted by Gasteiger charge is 2.21. The minimum Gasteiger partial charge on any atom is -0.356 e. The van der Waals surface area contributed by atoms with Gasteiger partial charge in [-0.15, -0.1) is 0 Å². The van der Waals surface area contributed by atoms with E-state index in [1.165, 1.54) is 6.07 Å². The fourth-order valence-electron chi connectivity index (χ4n) is 3.36. The standard InChI is InChI=1S/C22H16F2N4/c23-18-6-4-15(12-19(18)24)14-5-7-20-17(11-14)22(28-9-2-10-28)27-21(26-20)16-3-1-8-25-13-16/h1,3-8,11-13H,2,9-10H2. The van der Waals surface area contributed by atoms with Crippen LogP contribution in [0, 0.1) is 11.6 Å². The molecule has 4 aromatic rings. The molecule has 138 valence electrons. The lowest BCUT2D eigenvalue weighted by Gasteiger charge is -2.33. The van der Waals surface area contributed by atoms with Crippen molar-refractivity contribution in [1.29, 1.82) is 0 Å². The Kier molecular flexibility index (Phi) is 3.97. The average molecular weight is 374 g/mol. The van der Waals surface area contributed by atoms with Gasteiger partial charge < -0.3 is 4.90 Å². The zero-order valence-corrected chi connectivity index (χ0v) is 14.9. The van der Waals surface area contributed by atoms with Gasteiger partial charge >= 0.3 is 0 Å². The van der Waals surface area contributed by atoms with E-state index in [1.807, 2.05) is 30.3 Å². The summed E-state index contributed by atoms with van der Waals surface area (Å²) in [5.74, 6) is -0.221. The molecule has 0 aliphatic carbocycles. The number of nitrogens with zero attached hydrogens (tertiary/aromatic N) is 4. The largest absolute Gasteiger partial charge is 0.356 e. The first-order valence-electron chi connectivity index (χ1n) is 9.11. The summed E-state index contributed by atoms with van der Waals surface area (Å²) in [5.41, 5.74) is 3.08. The van der Waals surface area contributed by atoms with Crippen LogP contribution in [-0.4, -0.2) is 28.0 Å². The lowest BCUT2D eigenvalue weighted by molar-refractivity contribution is 0.509. The van der Waals surface area contributed by atoms with E-state index in [0.29, 0.717) is 11.4 Å². The van der Waals surface area contributed by atoms with Crippen LogP contribution in [0.5, 0.6) is 0 Å². The highest BCUT2D eigenvalue weighted by molar-refractivity contribution is 5.94. The summed E-state index contributed by atoms with van der Waals surface area (Å²) < 4.78 is 27.0. The monoisotopic (exact) mass is 374 g/mol. The lowest BCUT2D eigenvalue weighted by Crippen LogP contribution is -2.37. The summed E-state index contributed by atoms with van der Waals surface area (Å²) in [6, 6.07) is 13.4. The van der Waals surface area contributed by atoms with Gasteiger partial charge in [0.05, 0.1) is 5.52 Å². The van der Waals surface area contributed by atoms with Gasteiger partial charge in [0.15, 0.2) is 17.5 Å². The van der Waals surface area contributed by atoms with Gasteiger partial charge in [0.2, 0.25) is 0 Å². The second-order valence-corrected chi connectivity index (χ2v) is 6.81. The van der Waals surface area contributed by atoms with Crippen molar-refractivity contribution in [1.82, 2.24) is 15.0 Å². The molecule has 2 aromatic carbocycles. The molecule has 0 unspecified atom stereocenters. The predicted octanol–water partition coefficient (Wildman–Crippen LogP) is 4.85. The third kappa shape index (κ3) is 2.87. The molecule has 1 fully saturated rings. The molecule has 6 heteroatoms. The molecule has 0 atom stereocenters. The molecule has 0 radical (unpaired) electrons. The molecule has 1 aliphatic rings. The van der Waals surface area contributed by atoms with Crippen molar-refractivity contribution < 1.29 is 8.78 Å². The van der Waals surface area contributed by atoms with E-state index in [4.69, 9.17) is 9.97 Å². The zero-order chi connectivity index (χ0) is 19.1. The molecular weight excluding hydrogens is 358 g/mol. The Bertz CT molecular complexity index is 1170. The summed E-state index contributed by atoms with van der Waals surface area (Å²) in [5, 5.41) is 0.898. The van der Waals surface area contributed by atoms with Crippen LogP contribution in [0.25, 0.3) is 33.4 Å². The normalized spacial score (nSPS) is 13.6. The van der Waals surface area contributed by atoms with E-state index in [-0.39, 0.29) is 0 Å². The van der Waals surface area contributed by atoms with Crippen LogP contribution < -0.4 is 4.90 Å². The number of anilines is 1. The third-order valence-electron chi connectivity index (χ3n) is 5.00. The number of hydrogen-bond acceptors (Lipinski definition) is 4. The lowest BCUT2D eigenvalue weighted by atomic mass is 10.0. The number of pyridine rings is 1. The molecule has 2 aromatic heterocycles. The fraction of sp³-hybridized carbons (Fsp3) is 0.136. The van der Waals surface area contributed by atoms with E-state index in [9.17, 15) is 8.78 Å². The number of benzene rings is 2. The van der Waals surface area contributed by atoms with Crippen molar-refractivity contribution in [3.8, 4) is 22.5 Å². The summed E-state index contributed by atoms with van der Waals surface area (Å²) in [6.07, 6.45) is 4.59. The second kappa shape index (κ2) is 6.64. The van der Waals surface area contributed by atoms with Crippen molar-refractivity contribution in [2.45, 2.75) is 6.42 Å². The van der Waals surface area contributed by atoms with Gasteiger partial charge in [0.25, 0.3) is 0 Å². The van der Waals surface area contributed by atoms with Crippen LogP contribution in [0.3, 0.4) is 0 Å². The highest BCUT2D eigenvalue weighted by atomic mass is 19.2. The van der Waals surface area contributed by atoms with E-state index >= 15 is 0 Å². The van der Waals surface area contributed by atoms with Gasteiger partial charge in [-0.05, 0) is 53.9 Å². The van der Waals surface area contributed by atoms with Crippen LogP contribution in [0.15, 0.2) is 60.9 Å². The molecule has 1 aliphatic heterocycles. The third-order valence-corrected chi connectivity index (χ3v) is 5.00. The van der Waals surface area contributed by atoms with Crippen molar-refractivity contribution in [3.63, 3.8) is 0 Å². The zero-order valence-electron chi connectivity index (χ0n) is 14.9. The van der Waals surface area contributed by atoms with E-state index in [2.05, 4.69) is 9.88 Å². The van der Waals surface area contributed by atoms with Crippen LogP contribution in [-0.2, 0) is 0 Å². The first kappa shape index (κ1) is 16.7. The molecule has 28 heavy (non-hydrogen) atoms. The molecule has 0 N–H and O–H groups in total. The van der Waals surface area contributed by atoms with E-state index in [0.717, 1.165) is 53.4 Å². The Morgan fingerprint density at radius 1 is 0.821 bits per heavy atom. The van der Waals surface area contributed by atoms with Crippen molar-refractivity contribution in [3.05, 3.63) is 72.6 Å². The quantitative estimate of drug-likeness (QED) is 0.514. The average Bonchev–Trinajstić information content (AvgIpc) is 2.69. The number of fused-ring (bicyclic) bond motifs is 1. The first-order chi connectivity index (χ1) is 13.7. The predicted molar refractivity (Wildman–Crippen MR) is 105 cm³/mol. The molecule has 5 rings (SSSR count). The molecule has 0 amide bonds. The Morgan fingerprint density at radius 2 is 1.64 bits per heavy atom. The van der Waals surface area contributed by atoms with E-state index in [1.54, 1.807) is 18.5 Å². The van der Waals surface area contributed by atoms with Crippen molar-refractivity contribution in [2.24, 2.45) is 0 Å². The molecular formula is C22H16F2N4. The maximum absolute atomic E-state index is 13.7. The van der Waals surface area contributed by atoms with Gasteiger partial charge in [-0.25, -0.2) is 18.7 Å². The van der Waals surface area contributed by atoms with Gasteiger partial charge in [-0.1, -0.05) is 12.1 Å².